The predicted octanol–water partition coefficient (Wildman–Crippen LogP) is 2.47. The lowest BCUT2D eigenvalue weighted by Gasteiger charge is -2.51. The molecule has 0 aromatic carbocycles. The number of hydrogen-bond acceptors (Lipinski definition) is 2. The maximum absolute atomic E-state index is 12.8. The summed E-state index contributed by atoms with van der Waals surface area (Å²) >= 11 is 0. The molecule has 1 aliphatic heterocycles. The molecule has 2 amide bonds. The number of hydrogen-bond donors (Lipinski definition) is 1. The molecule has 1 N–H and O–H groups in total. The van der Waals surface area contributed by atoms with Crippen LogP contribution in [0.25, 0.3) is 0 Å². The van der Waals surface area contributed by atoms with Crippen LogP contribution in [0.1, 0.15) is 66.7 Å². The summed E-state index contributed by atoms with van der Waals surface area (Å²) in [6, 6.07) is 0. The second-order valence-electron chi connectivity index (χ2n) is 5.68. The van der Waals surface area contributed by atoms with Crippen LogP contribution >= 0.6 is 0 Å². The molecule has 4 nitrogen and oxygen atoms in total. The molecule has 0 bridgehead atoms. The molecule has 1 atom stereocenters. The third-order valence-corrected chi connectivity index (χ3v) is 4.72. The fourth-order valence-corrected chi connectivity index (χ4v) is 2.76. The van der Waals surface area contributed by atoms with Crippen molar-refractivity contribution in [2.24, 2.45) is 0 Å². The van der Waals surface area contributed by atoms with Crippen LogP contribution in [0.3, 0.4) is 0 Å². The average Bonchev–Trinajstić information content (AvgIpc) is 2.43. The van der Waals surface area contributed by atoms with Gasteiger partial charge in [-0.1, -0.05) is 34.1 Å². The van der Waals surface area contributed by atoms with Gasteiger partial charge >= 0.3 is 0 Å². The fraction of sp³-hybridized carbons (Fsp3) is 0.867. The average molecular weight is 268 g/mol. The van der Waals surface area contributed by atoms with E-state index in [1.807, 2.05) is 32.6 Å². The monoisotopic (exact) mass is 268 g/mol. The SMILES string of the molecule is CCCCN1C(=O)C(CC)(CC)NC(=O)C1(C)CC. The number of unbranched alkanes of at least 4 members (excludes halogenated alkanes) is 1. The van der Waals surface area contributed by atoms with Crippen molar-refractivity contribution in [3.05, 3.63) is 0 Å². The summed E-state index contributed by atoms with van der Waals surface area (Å²) in [6.45, 7) is 10.6. The molecule has 0 radical (unpaired) electrons. The highest BCUT2D eigenvalue weighted by molar-refractivity contribution is 6.02. The van der Waals surface area contributed by atoms with Gasteiger partial charge < -0.3 is 10.2 Å². The van der Waals surface area contributed by atoms with Gasteiger partial charge in [0.15, 0.2) is 0 Å². The fourth-order valence-electron chi connectivity index (χ4n) is 2.76. The summed E-state index contributed by atoms with van der Waals surface area (Å²) in [6.07, 6.45) is 3.92. The molecule has 1 fully saturated rings. The van der Waals surface area contributed by atoms with E-state index in [9.17, 15) is 9.59 Å². The molecule has 1 unspecified atom stereocenters. The molecule has 4 heteroatoms. The van der Waals surface area contributed by atoms with Gasteiger partial charge in [-0.2, -0.15) is 0 Å². The van der Waals surface area contributed by atoms with E-state index in [-0.39, 0.29) is 11.8 Å². The number of carbonyl (C=O) groups is 2. The van der Waals surface area contributed by atoms with Gasteiger partial charge in [-0.05, 0) is 32.6 Å². The zero-order valence-electron chi connectivity index (χ0n) is 13.0. The van der Waals surface area contributed by atoms with Crippen molar-refractivity contribution in [3.63, 3.8) is 0 Å². The van der Waals surface area contributed by atoms with E-state index in [0.29, 0.717) is 25.8 Å². The van der Waals surface area contributed by atoms with Gasteiger partial charge in [0, 0.05) is 6.54 Å². The Labute approximate surface area is 116 Å². The first-order valence-corrected chi connectivity index (χ1v) is 7.56. The molecule has 1 aliphatic rings. The van der Waals surface area contributed by atoms with E-state index in [2.05, 4.69) is 12.2 Å². The lowest BCUT2D eigenvalue weighted by molar-refractivity contribution is -0.163. The third kappa shape index (κ3) is 2.49. The minimum atomic E-state index is -0.695. The molecule has 1 rings (SSSR count). The minimum absolute atomic E-state index is 0.00518. The molecule has 1 heterocycles. The summed E-state index contributed by atoms with van der Waals surface area (Å²) in [4.78, 5) is 27.2. The van der Waals surface area contributed by atoms with Crippen LogP contribution in [0.4, 0.5) is 0 Å². The molecule has 0 spiro atoms. The molecule has 1 saturated heterocycles. The van der Waals surface area contributed by atoms with Crippen LogP contribution in [0.5, 0.6) is 0 Å². The van der Waals surface area contributed by atoms with Crippen molar-refractivity contribution in [2.45, 2.75) is 77.8 Å². The lowest BCUT2D eigenvalue weighted by atomic mass is 9.81. The van der Waals surface area contributed by atoms with Gasteiger partial charge in [-0.3, -0.25) is 9.59 Å². The quantitative estimate of drug-likeness (QED) is 0.804. The maximum Gasteiger partial charge on any atom is 0.249 e. The lowest BCUT2D eigenvalue weighted by Crippen LogP contribution is -2.74. The Bertz CT molecular complexity index is 350. The molecule has 0 aliphatic carbocycles. The van der Waals surface area contributed by atoms with Gasteiger partial charge in [0.25, 0.3) is 0 Å². The minimum Gasteiger partial charge on any atom is -0.340 e. The number of nitrogens with zero attached hydrogens (tertiary/aromatic N) is 1. The molecule has 0 saturated carbocycles. The largest absolute Gasteiger partial charge is 0.340 e. The van der Waals surface area contributed by atoms with Crippen molar-refractivity contribution in [2.75, 3.05) is 6.54 Å². The molecule has 110 valence electrons. The van der Waals surface area contributed by atoms with Gasteiger partial charge in [0.2, 0.25) is 11.8 Å². The number of amides is 2. The topological polar surface area (TPSA) is 49.4 Å². The zero-order chi connectivity index (χ0) is 14.7. The van der Waals surface area contributed by atoms with Gasteiger partial charge in [-0.25, -0.2) is 0 Å². The first-order chi connectivity index (χ1) is 8.91. The third-order valence-electron chi connectivity index (χ3n) is 4.72. The van der Waals surface area contributed by atoms with E-state index in [1.165, 1.54) is 0 Å². The molecule has 19 heavy (non-hydrogen) atoms. The van der Waals surface area contributed by atoms with Gasteiger partial charge in [0.05, 0.1) is 0 Å². The Morgan fingerprint density at radius 3 is 2.05 bits per heavy atom. The Morgan fingerprint density at radius 2 is 1.63 bits per heavy atom. The highest BCUT2D eigenvalue weighted by atomic mass is 16.2. The number of piperazine rings is 1. The van der Waals surface area contributed by atoms with Crippen LogP contribution in [0, 0.1) is 0 Å². The molecule has 0 aromatic heterocycles. The molecular weight excluding hydrogens is 240 g/mol. The Hall–Kier alpha value is -1.06. The van der Waals surface area contributed by atoms with E-state index >= 15 is 0 Å². The summed E-state index contributed by atoms with van der Waals surface area (Å²) in [5, 5.41) is 3.00. The highest BCUT2D eigenvalue weighted by Gasteiger charge is 2.53. The van der Waals surface area contributed by atoms with Crippen molar-refractivity contribution in [1.29, 1.82) is 0 Å². The van der Waals surface area contributed by atoms with Crippen LogP contribution in [0.2, 0.25) is 0 Å². The Morgan fingerprint density at radius 1 is 1.05 bits per heavy atom. The Balaban J connectivity index is 3.15. The summed E-state index contributed by atoms with van der Waals surface area (Å²) in [5.41, 5.74) is -1.39. The van der Waals surface area contributed by atoms with Crippen LogP contribution in [0.15, 0.2) is 0 Å². The smallest absolute Gasteiger partial charge is 0.249 e. The zero-order valence-corrected chi connectivity index (χ0v) is 13.0. The summed E-state index contributed by atoms with van der Waals surface area (Å²) in [5.74, 6) is 0.0873. The van der Waals surface area contributed by atoms with E-state index < -0.39 is 11.1 Å². The second-order valence-corrected chi connectivity index (χ2v) is 5.68. The standard InChI is InChI=1S/C15H28N2O2/c1-6-10-11-17-13(19)15(8-3,9-4)16-12(18)14(17,5)7-2/h6-11H2,1-5H3,(H,16,18). The van der Waals surface area contributed by atoms with E-state index in [0.717, 1.165) is 12.8 Å². The maximum atomic E-state index is 12.8. The van der Waals surface area contributed by atoms with Crippen LogP contribution in [-0.4, -0.2) is 34.3 Å². The van der Waals surface area contributed by atoms with Gasteiger partial charge in [0.1, 0.15) is 11.1 Å². The first kappa shape index (κ1) is 16.0. The van der Waals surface area contributed by atoms with Gasteiger partial charge in [-0.15, -0.1) is 0 Å². The van der Waals surface area contributed by atoms with Crippen LogP contribution < -0.4 is 5.32 Å². The van der Waals surface area contributed by atoms with E-state index in [1.54, 1.807) is 0 Å². The molecule has 0 aromatic rings. The summed E-state index contributed by atoms with van der Waals surface area (Å²) < 4.78 is 0. The second kappa shape index (κ2) is 5.93. The van der Waals surface area contributed by atoms with E-state index in [4.69, 9.17) is 0 Å². The number of rotatable bonds is 6. The normalized spacial score (nSPS) is 26.5. The van der Waals surface area contributed by atoms with Crippen molar-refractivity contribution in [3.8, 4) is 0 Å². The van der Waals surface area contributed by atoms with Crippen molar-refractivity contribution in [1.82, 2.24) is 10.2 Å². The summed E-state index contributed by atoms with van der Waals surface area (Å²) in [7, 11) is 0. The first-order valence-electron chi connectivity index (χ1n) is 7.56. The predicted molar refractivity (Wildman–Crippen MR) is 76.8 cm³/mol. The molecular formula is C15H28N2O2. The van der Waals surface area contributed by atoms with Crippen molar-refractivity contribution >= 4 is 11.8 Å². The van der Waals surface area contributed by atoms with Crippen molar-refractivity contribution < 1.29 is 9.59 Å². The Kier molecular flexibility index (Phi) is 4.99. The number of nitrogens with one attached hydrogen (secondary N) is 1. The number of carbonyl (C=O) groups excluding carboxylic acids is 2. The highest BCUT2D eigenvalue weighted by Crippen LogP contribution is 2.32. The van der Waals surface area contributed by atoms with Crippen LogP contribution in [-0.2, 0) is 9.59 Å².